The molecule has 0 radical (unpaired) electrons. The molecule has 7 nitrogen and oxygen atoms in total. The van der Waals surface area contributed by atoms with Crippen LogP contribution < -0.4 is 15.0 Å². The molecular formula is C22H31N5O2. The maximum Gasteiger partial charge on any atom is 0.236 e. The highest BCUT2D eigenvalue weighted by Crippen LogP contribution is 2.23. The summed E-state index contributed by atoms with van der Waals surface area (Å²) < 4.78 is 5.27. The molecule has 1 aliphatic rings. The Bertz CT molecular complexity index is 786. The molecule has 1 aliphatic heterocycles. The fourth-order valence-electron chi connectivity index (χ4n) is 3.31. The van der Waals surface area contributed by atoms with Gasteiger partial charge in [0.1, 0.15) is 5.75 Å². The van der Waals surface area contributed by atoms with Crippen LogP contribution in [0.3, 0.4) is 0 Å². The third-order valence-corrected chi connectivity index (χ3v) is 5.15. The number of hydrogen-bond donors (Lipinski definition) is 1. The number of methoxy groups -OCH3 is 1. The van der Waals surface area contributed by atoms with Crippen molar-refractivity contribution < 1.29 is 9.53 Å². The minimum Gasteiger partial charge on any atom is -0.497 e. The van der Waals surface area contributed by atoms with Crippen molar-refractivity contribution in [2.75, 3.05) is 51.3 Å². The van der Waals surface area contributed by atoms with Crippen LogP contribution in [0.15, 0.2) is 36.4 Å². The lowest BCUT2D eigenvalue weighted by Crippen LogP contribution is -2.51. The summed E-state index contributed by atoms with van der Waals surface area (Å²) in [4.78, 5) is 16.5. The van der Waals surface area contributed by atoms with Gasteiger partial charge < -0.3 is 19.9 Å². The molecule has 1 aromatic carbocycles. The molecule has 2 heterocycles. The van der Waals surface area contributed by atoms with Gasteiger partial charge in [-0.25, -0.2) is 0 Å². The van der Waals surface area contributed by atoms with Gasteiger partial charge in [0, 0.05) is 31.7 Å². The Morgan fingerprint density at radius 1 is 1.14 bits per heavy atom. The van der Waals surface area contributed by atoms with Crippen LogP contribution >= 0.6 is 0 Å². The molecule has 156 valence electrons. The Labute approximate surface area is 173 Å². The van der Waals surface area contributed by atoms with E-state index in [0.717, 1.165) is 48.9 Å². The molecule has 1 amide bonds. The van der Waals surface area contributed by atoms with Crippen LogP contribution in [0.5, 0.6) is 5.75 Å². The monoisotopic (exact) mass is 397 g/mol. The lowest BCUT2D eigenvalue weighted by Gasteiger charge is -2.35. The summed E-state index contributed by atoms with van der Waals surface area (Å²) in [6.07, 6.45) is 1.09. The molecule has 0 aliphatic carbocycles. The van der Waals surface area contributed by atoms with Gasteiger partial charge in [-0.15, -0.1) is 10.2 Å². The van der Waals surface area contributed by atoms with E-state index in [1.165, 1.54) is 0 Å². The molecule has 1 N–H and O–H groups in total. The zero-order valence-corrected chi connectivity index (χ0v) is 17.6. The average Bonchev–Trinajstić information content (AvgIpc) is 2.76. The van der Waals surface area contributed by atoms with E-state index in [9.17, 15) is 4.79 Å². The predicted molar refractivity (Wildman–Crippen MR) is 115 cm³/mol. The van der Waals surface area contributed by atoms with Gasteiger partial charge in [0.15, 0.2) is 5.82 Å². The van der Waals surface area contributed by atoms with Gasteiger partial charge in [-0.2, -0.15) is 0 Å². The minimum atomic E-state index is 0.174. The number of ether oxygens (including phenoxy) is 1. The topological polar surface area (TPSA) is 70.6 Å². The summed E-state index contributed by atoms with van der Waals surface area (Å²) in [5, 5.41) is 12.0. The molecular weight excluding hydrogens is 366 g/mol. The number of nitrogens with zero attached hydrogens (tertiary/aromatic N) is 4. The lowest BCUT2D eigenvalue weighted by atomic mass is 10.1. The summed E-state index contributed by atoms with van der Waals surface area (Å²) in [6.45, 7) is 8.65. The molecule has 7 heteroatoms. The molecule has 2 aromatic rings. The van der Waals surface area contributed by atoms with E-state index in [-0.39, 0.29) is 5.91 Å². The predicted octanol–water partition coefficient (Wildman–Crippen LogP) is 2.44. The van der Waals surface area contributed by atoms with Gasteiger partial charge >= 0.3 is 0 Å². The maximum absolute atomic E-state index is 12.3. The van der Waals surface area contributed by atoms with E-state index < -0.39 is 0 Å². The summed E-state index contributed by atoms with van der Waals surface area (Å²) in [5.41, 5.74) is 1.79. The van der Waals surface area contributed by atoms with Crippen LogP contribution in [0.1, 0.15) is 20.3 Å². The number of carbonyl (C=O) groups excluding carboxylic acids is 1. The third-order valence-electron chi connectivity index (χ3n) is 5.15. The van der Waals surface area contributed by atoms with Gasteiger partial charge in [0.05, 0.1) is 19.3 Å². The molecule has 3 rings (SSSR count). The standard InChI is InChI=1S/C22H31N5O2/c1-17(2)9-10-23-16-22(28)27-13-11-26(12-14-27)21-8-7-20(24-25-21)18-5-4-6-19(15-18)29-3/h4-8,15,17,23H,9-14,16H2,1-3H3. The molecule has 0 bridgehead atoms. The smallest absolute Gasteiger partial charge is 0.236 e. The minimum absolute atomic E-state index is 0.174. The number of anilines is 1. The first-order valence-corrected chi connectivity index (χ1v) is 10.3. The highest BCUT2D eigenvalue weighted by atomic mass is 16.5. The molecule has 1 saturated heterocycles. The van der Waals surface area contributed by atoms with Gasteiger partial charge in [-0.05, 0) is 43.1 Å². The van der Waals surface area contributed by atoms with Crippen molar-refractivity contribution in [1.29, 1.82) is 0 Å². The average molecular weight is 398 g/mol. The number of piperazine rings is 1. The highest BCUT2D eigenvalue weighted by Gasteiger charge is 2.21. The van der Waals surface area contributed by atoms with E-state index in [0.29, 0.717) is 25.6 Å². The van der Waals surface area contributed by atoms with Crippen molar-refractivity contribution in [1.82, 2.24) is 20.4 Å². The summed E-state index contributed by atoms with van der Waals surface area (Å²) >= 11 is 0. The molecule has 0 saturated carbocycles. The zero-order valence-electron chi connectivity index (χ0n) is 17.6. The van der Waals surface area contributed by atoms with Crippen molar-refractivity contribution >= 4 is 11.7 Å². The van der Waals surface area contributed by atoms with Crippen molar-refractivity contribution in [2.24, 2.45) is 5.92 Å². The third kappa shape index (κ3) is 5.90. The number of nitrogens with one attached hydrogen (secondary N) is 1. The Kier molecular flexibility index (Phi) is 7.41. The Morgan fingerprint density at radius 3 is 2.59 bits per heavy atom. The van der Waals surface area contributed by atoms with Crippen LogP contribution in [-0.4, -0.2) is 67.4 Å². The highest BCUT2D eigenvalue weighted by molar-refractivity contribution is 5.78. The second kappa shape index (κ2) is 10.2. The van der Waals surface area contributed by atoms with E-state index in [4.69, 9.17) is 4.74 Å². The lowest BCUT2D eigenvalue weighted by molar-refractivity contribution is -0.130. The zero-order chi connectivity index (χ0) is 20.6. The second-order valence-corrected chi connectivity index (χ2v) is 7.74. The van der Waals surface area contributed by atoms with Gasteiger partial charge in [-0.1, -0.05) is 26.0 Å². The van der Waals surface area contributed by atoms with E-state index in [1.807, 2.05) is 41.3 Å². The van der Waals surface area contributed by atoms with E-state index >= 15 is 0 Å². The fraction of sp³-hybridized carbons (Fsp3) is 0.500. The number of benzene rings is 1. The second-order valence-electron chi connectivity index (χ2n) is 7.74. The molecule has 29 heavy (non-hydrogen) atoms. The van der Waals surface area contributed by atoms with Gasteiger partial charge in [0.2, 0.25) is 5.91 Å². The number of aromatic nitrogens is 2. The van der Waals surface area contributed by atoms with Gasteiger partial charge in [0.25, 0.3) is 0 Å². The number of rotatable bonds is 8. The van der Waals surface area contributed by atoms with Crippen LogP contribution in [0, 0.1) is 5.92 Å². The van der Waals surface area contributed by atoms with Crippen molar-refractivity contribution in [3.05, 3.63) is 36.4 Å². The Balaban J connectivity index is 1.50. The van der Waals surface area contributed by atoms with Crippen molar-refractivity contribution in [3.8, 4) is 17.0 Å². The largest absolute Gasteiger partial charge is 0.497 e. The molecule has 1 fully saturated rings. The maximum atomic E-state index is 12.3. The quantitative estimate of drug-likeness (QED) is 0.690. The van der Waals surface area contributed by atoms with Crippen LogP contribution in [0.25, 0.3) is 11.3 Å². The fourth-order valence-corrected chi connectivity index (χ4v) is 3.31. The van der Waals surface area contributed by atoms with Crippen molar-refractivity contribution in [3.63, 3.8) is 0 Å². The van der Waals surface area contributed by atoms with Crippen LogP contribution in [0.4, 0.5) is 5.82 Å². The Morgan fingerprint density at radius 2 is 1.93 bits per heavy atom. The number of amides is 1. The Hall–Kier alpha value is -2.67. The number of hydrogen-bond acceptors (Lipinski definition) is 6. The molecule has 0 unspecified atom stereocenters. The SMILES string of the molecule is COc1cccc(-c2ccc(N3CCN(C(=O)CNCCC(C)C)CC3)nn2)c1. The molecule has 0 atom stereocenters. The molecule has 1 aromatic heterocycles. The normalized spacial score (nSPS) is 14.3. The first-order chi connectivity index (χ1) is 14.1. The summed E-state index contributed by atoms with van der Waals surface area (Å²) in [7, 11) is 1.65. The van der Waals surface area contributed by atoms with Crippen LogP contribution in [-0.2, 0) is 4.79 Å². The summed E-state index contributed by atoms with van der Waals surface area (Å²) in [5.74, 6) is 2.47. The van der Waals surface area contributed by atoms with Gasteiger partial charge in [-0.3, -0.25) is 4.79 Å². The number of carbonyl (C=O) groups is 1. The van der Waals surface area contributed by atoms with Crippen molar-refractivity contribution in [2.45, 2.75) is 20.3 Å². The molecule has 0 spiro atoms. The van der Waals surface area contributed by atoms with E-state index in [2.05, 4.69) is 34.3 Å². The first-order valence-electron chi connectivity index (χ1n) is 10.3. The van der Waals surface area contributed by atoms with Crippen LogP contribution in [0.2, 0.25) is 0 Å². The first kappa shape index (κ1) is 21.0. The summed E-state index contributed by atoms with van der Waals surface area (Å²) in [6, 6.07) is 11.8. The van der Waals surface area contributed by atoms with E-state index in [1.54, 1.807) is 7.11 Å².